The summed E-state index contributed by atoms with van der Waals surface area (Å²) in [6.45, 7) is 2.24. The lowest BCUT2D eigenvalue weighted by atomic mass is 10.0. The third-order valence-electron chi connectivity index (χ3n) is 4.88. The van der Waals surface area contributed by atoms with Crippen LogP contribution in [0.5, 0.6) is 0 Å². The predicted molar refractivity (Wildman–Crippen MR) is 92.3 cm³/mol. The van der Waals surface area contributed by atoms with Gasteiger partial charge in [0, 0.05) is 42.9 Å². The lowest BCUT2D eigenvalue weighted by Gasteiger charge is -2.33. The maximum absolute atomic E-state index is 13.9. The minimum atomic E-state index is -0.533. The summed E-state index contributed by atoms with van der Waals surface area (Å²) >= 11 is 0. The molecule has 2 aromatic rings. The first-order valence-corrected chi connectivity index (χ1v) is 8.93. The molecule has 0 amide bonds. The molecule has 0 radical (unpaired) electrons. The number of aromatic nitrogens is 2. The summed E-state index contributed by atoms with van der Waals surface area (Å²) in [6, 6.07) is 5.99. The van der Waals surface area contributed by atoms with Crippen LogP contribution in [0.25, 0.3) is 0 Å². The zero-order chi connectivity index (χ0) is 17.2. The highest BCUT2D eigenvalue weighted by Gasteiger charge is 2.27. The molecule has 1 N–H and O–H groups in total. The van der Waals surface area contributed by atoms with Crippen molar-refractivity contribution in [2.24, 2.45) is 0 Å². The minimum absolute atomic E-state index is 0.277. The summed E-state index contributed by atoms with van der Waals surface area (Å²) in [6.07, 6.45) is 6.29. The molecule has 1 aromatic carbocycles. The molecular weight excluding hydrogens is 322 g/mol. The molecule has 1 unspecified atom stereocenters. The number of hydrogen-bond acceptors (Lipinski definition) is 4. The van der Waals surface area contributed by atoms with Gasteiger partial charge in [0.15, 0.2) is 0 Å². The average molecular weight is 344 g/mol. The van der Waals surface area contributed by atoms with Gasteiger partial charge in [0.2, 0.25) is 0 Å². The highest BCUT2D eigenvalue weighted by molar-refractivity contribution is 5.35. The number of benzene rings is 1. The van der Waals surface area contributed by atoms with Gasteiger partial charge in [-0.2, -0.15) is 0 Å². The Balaban J connectivity index is 1.38. The molecule has 1 saturated heterocycles. The fourth-order valence-electron chi connectivity index (χ4n) is 3.41. The molecule has 2 heterocycles. The normalized spacial score (nSPS) is 21.3. The number of halogens is 2. The molecule has 1 saturated carbocycles. The fourth-order valence-corrected chi connectivity index (χ4v) is 3.41. The molecule has 0 bridgehead atoms. The number of anilines is 1. The van der Waals surface area contributed by atoms with Crippen molar-refractivity contribution in [1.29, 1.82) is 0 Å². The third kappa shape index (κ3) is 4.12. The summed E-state index contributed by atoms with van der Waals surface area (Å²) in [5, 5.41) is 3.50. The lowest BCUT2D eigenvalue weighted by molar-refractivity contribution is 0.206. The van der Waals surface area contributed by atoms with Gasteiger partial charge in [-0.1, -0.05) is 6.07 Å². The zero-order valence-corrected chi connectivity index (χ0v) is 14.1. The molecule has 1 aliphatic carbocycles. The molecule has 2 aliphatic rings. The van der Waals surface area contributed by atoms with E-state index in [2.05, 4.69) is 20.2 Å². The minimum Gasteiger partial charge on any atom is -0.366 e. The molecule has 132 valence electrons. The van der Waals surface area contributed by atoms with Crippen LogP contribution in [0.1, 0.15) is 43.0 Å². The molecule has 1 aromatic heterocycles. The molecule has 2 fully saturated rings. The monoisotopic (exact) mass is 344 g/mol. The standard InChI is InChI=1S/C19H22F2N4/c20-15-6-5-14(17(21)10-15)11-25-9-1-2-16(12-25)23-18-7-8-22-19(24-18)13-3-4-13/h5-8,10,13,16H,1-4,9,11-12H2,(H,22,23,24). The van der Waals surface area contributed by atoms with Gasteiger partial charge < -0.3 is 5.32 Å². The van der Waals surface area contributed by atoms with Crippen molar-refractivity contribution in [3.8, 4) is 0 Å². The predicted octanol–water partition coefficient (Wildman–Crippen LogP) is 3.71. The second-order valence-corrected chi connectivity index (χ2v) is 7.03. The van der Waals surface area contributed by atoms with Gasteiger partial charge in [-0.25, -0.2) is 18.7 Å². The Morgan fingerprint density at radius 3 is 2.84 bits per heavy atom. The van der Waals surface area contributed by atoms with Crippen LogP contribution in [0.2, 0.25) is 0 Å². The fraction of sp³-hybridized carbons (Fsp3) is 0.474. The zero-order valence-electron chi connectivity index (χ0n) is 14.1. The SMILES string of the molecule is Fc1ccc(CN2CCCC(Nc3ccnc(C4CC4)n3)C2)c(F)c1. The second kappa shape index (κ2) is 7.04. The van der Waals surface area contributed by atoms with Crippen LogP contribution in [-0.4, -0.2) is 34.0 Å². The van der Waals surface area contributed by atoms with Crippen molar-refractivity contribution in [2.45, 2.75) is 44.2 Å². The Morgan fingerprint density at radius 2 is 2.04 bits per heavy atom. The van der Waals surface area contributed by atoms with Crippen LogP contribution < -0.4 is 5.32 Å². The Kier molecular flexibility index (Phi) is 4.61. The van der Waals surface area contributed by atoms with E-state index in [0.29, 0.717) is 18.0 Å². The first kappa shape index (κ1) is 16.4. The van der Waals surface area contributed by atoms with Crippen molar-refractivity contribution in [3.05, 3.63) is 53.5 Å². The number of nitrogens with one attached hydrogen (secondary N) is 1. The molecule has 4 rings (SSSR count). The van der Waals surface area contributed by atoms with Crippen LogP contribution in [-0.2, 0) is 6.54 Å². The van der Waals surface area contributed by atoms with Crippen LogP contribution in [0.3, 0.4) is 0 Å². The van der Waals surface area contributed by atoms with E-state index in [1.807, 2.05) is 12.3 Å². The van der Waals surface area contributed by atoms with E-state index < -0.39 is 11.6 Å². The number of likely N-dealkylation sites (tertiary alicyclic amines) is 1. The summed E-state index contributed by atoms with van der Waals surface area (Å²) in [7, 11) is 0. The van der Waals surface area contributed by atoms with E-state index in [1.165, 1.54) is 25.0 Å². The number of nitrogens with zero attached hydrogens (tertiary/aromatic N) is 3. The van der Waals surface area contributed by atoms with E-state index >= 15 is 0 Å². The smallest absolute Gasteiger partial charge is 0.133 e. The van der Waals surface area contributed by atoms with Crippen LogP contribution in [0.15, 0.2) is 30.5 Å². The van der Waals surface area contributed by atoms with Crippen LogP contribution in [0.4, 0.5) is 14.6 Å². The van der Waals surface area contributed by atoms with Gasteiger partial charge in [-0.05, 0) is 44.4 Å². The van der Waals surface area contributed by atoms with Gasteiger partial charge >= 0.3 is 0 Å². The number of rotatable bonds is 5. The first-order valence-electron chi connectivity index (χ1n) is 8.93. The van der Waals surface area contributed by atoms with Gasteiger partial charge in [-0.15, -0.1) is 0 Å². The topological polar surface area (TPSA) is 41.0 Å². The van der Waals surface area contributed by atoms with E-state index in [0.717, 1.165) is 43.6 Å². The summed E-state index contributed by atoms with van der Waals surface area (Å²) in [5.41, 5.74) is 0.542. The molecule has 6 heteroatoms. The largest absolute Gasteiger partial charge is 0.366 e. The van der Waals surface area contributed by atoms with Crippen molar-refractivity contribution < 1.29 is 8.78 Å². The van der Waals surface area contributed by atoms with Crippen molar-refractivity contribution >= 4 is 5.82 Å². The summed E-state index contributed by atoms with van der Waals surface area (Å²) < 4.78 is 26.9. The highest BCUT2D eigenvalue weighted by Crippen LogP contribution is 2.38. The molecule has 25 heavy (non-hydrogen) atoms. The van der Waals surface area contributed by atoms with Crippen LogP contribution >= 0.6 is 0 Å². The lowest BCUT2D eigenvalue weighted by Crippen LogP contribution is -2.41. The Bertz CT molecular complexity index is 748. The molecular formula is C19H22F2N4. The van der Waals surface area contributed by atoms with E-state index in [4.69, 9.17) is 0 Å². The van der Waals surface area contributed by atoms with Crippen molar-refractivity contribution in [3.63, 3.8) is 0 Å². The van der Waals surface area contributed by atoms with Crippen molar-refractivity contribution in [2.75, 3.05) is 18.4 Å². The maximum atomic E-state index is 13.9. The van der Waals surface area contributed by atoms with E-state index in [-0.39, 0.29) is 6.04 Å². The van der Waals surface area contributed by atoms with Gasteiger partial charge in [0.1, 0.15) is 23.3 Å². The maximum Gasteiger partial charge on any atom is 0.133 e. The third-order valence-corrected chi connectivity index (χ3v) is 4.88. The number of hydrogen-bond donors (Lipinski definition) is 1. The molecule has 0 spiro atoms. The number of piperidine rings is 1. The molecule has 4 nitrogen and oxygen atoms in total. The summed E-state index contributed by atoms with van der Waals surface area (Å²) in [5.74, 6) is 1.34. The quantitative estimate of drug-likeness (QED) is 0.898. The van der Waals surface area contributed by atoms with Crippen molar-refractivity contribution in [1.82, 2.24) is 14.9 Å². The summed E-state index contributed by atoms with van der Waals surface area (Å²) in [4.78, 5) is 11.2. The van der Waals surface area contributed by atoms with Gasteiger partial charge in [0.25, 0.3) is 0 Å². The first-order chi connectivity index (χ1) is 12.2. The Morgan fingerprint density at radius 1 is 1.16 bits per heavy atom. The van der Waals surface area contributed by atoms with Crippen LogP contribution in [0, 0.1) is 11.6 Å². The second-order valence-electron chi connectivity index (χ2n) is 7.03. The van der Waals surface area contributed by atoms with Gasteiger partial charge in [0.05, 0.1) is 0 Å². The Hall–Kier alpha value is -2.08. The van der Waals surface area contributed by atoms with Gasteiger partial charge in [-0.3, -0.25) is 4.90 Å². The van der Waals surface area contributed by atoms with E-state index in [9.17, 15) is 8.78 Å². The highest BCUT2D eigenvalue weighted by atomic mass is 19.1. The average Bonchev–Trinajstić information content (AvgIpc) is 3.43. The Labute approximate surface area is 146 Å². The molecule has 1 aliphatic heterocycles. The molecule has 1 atom stereocenters. The van der Waals surface area contributed by atoms with E-state index in [1.54, 1.807) is 0 Å².